The molecule has 3 saturated heterocycles. The molecular formula is C13H23N3O2. The topological polar surface area (TPSA) is 44.8 Å². The van der Waals surface area contributed by atoms with Gasteiger partial charge < -0.3 is 15.0 Å². The van der Waals surface area contributed by atoms with E-state index in [0.29, 0.717) is 12.5 Å². The number of nitrogens with zero attached hydrogens (tertiary/aromatic N) is 2. The van der Waals surface area contributed by atoms with Crippen LogP contribution >= 0.6 is 0 Å². The maximum Gasteiger partial charge on any atom is 0.225 e. The van der Waals surface area contributed by atoms with Crippen LogP contribution < -0.4 is 5.32 Å². The Balaban J connectivity index is 1.49. The first-order chi connectivity index (χ1) is 8.83. The zero-order valence-electron chi connectivity index (χ0n) is 10.9. The van der Waals surface area contributed by atoms with Gasteiger partial charge in [-0.2, -0.15) is 0 Å². The van der Waals surface area contributed by atoms with E-state index in [1.165, 1.54) is 19.4 Å². The molecule has 0 bridgehead atoms. The Labute approximate surface area is 108 Å². The fourth-order valence-corrected chi connectivity index (χ4v) is 3.29. The van der Waals surface area contributed by atoms with Crippen LogP contribution in [0.3, 0.4) is 0 Å². The second-order valence-electron chi connectivity index (χ2n) is 5.57. The monoisotopic (exact) mass is 253 g/mol. The average Bonchev–Trinajstić information content (AvgIpc) is 2.87. The second-order valence-corrected chi connectivity index (χ2v) is 5.57. The third-order valence-electron chi connectivity index (χ3n) is 4.35. The van der Waals surface area contributed by atoms with Gasteiger partial charge in [-0.15, -0.1) is 0 Å². The quantitative estimate of drug-likeness (QED) is 0.732. The highest BCUT2D eigenvalue weighted by molar-refractivity contribution is 5.77. The maximum absolute atomic E-state index is 12.3. The number of carbonyl (C=O) groups excluding carboxylic acids is 1. The molecule has 3 fully saturated rings. The molecule has 0 aromatic carbocycles. The fraction of sp³-hybridized carbons (Fsp3) is 0.923. The normalized spacial score (nSPS) is 33.4. The average molecular weight is 253 g/mol. The van der Waals surface area contributed by atoms with E-state index < -0.39 is 0 Å². The highest BCUT2D eigenvalue weighted by Crippen LogP contribution is 2.22. The Morgan fingerprint density at radius 3 is 3.11 bits per heavy atom. The van der Waals surface area contributed by atoms with E-state index in [4.69, 9.17) is 4.74 Å². The van der Waals surface area contributed by atoms with Gasteiger partial charge in [0, 0.05) is 38.8 Å². The van der Waals surface area contributed by atoms with Gasteiger partial charge >= 0.3 is 0 Å². The van der Waals surface area contributed by atoms with E-state index in [9.17, 15) is 4.79 Å². The number of morpholine rings is 1. The van der Waals surface area contributed by atoms with Crippen molar-refractivity contribution in [2.24, 2.45) is 0 Å². The second kappa shape index (κ2) is 5.55. The largest absolute Gasteiger partial charge is 0.375 e. The third kappa shape index (κ3) is 2.68. The summed E-state index contributed by atoms with van der Waals surface area (Å²) in [6.07, 6.45) is 3.17. The number of fused-ring (bicyclic) bond motifs is 1. The molecule has 5 nitrogen and oxygen atoms in total. The number of hydrogen-bond donors (Lipinski definition) is 1. The van der Waals surface area contributed by atoms with Gasteiger partial charge in [-0.05, 0) is 19.4 Å². The van der Waals surface area contributed by atoms with Crippen molar-refractivity contribution in [2.75, 3.05) is 45.9 Å². The summed E-state index contributed by atoms with van der Waals surface area (Å²) in [6, 6.07) is 0.619. The molecule has 3 aliphatic heterocycles. The molecule has 2 unspecified atom stereocenters. The molecule has 0 aromatic heterocycles. The van der Waals surface area contributed by atoms with Crippen LogP contribution in [0, 0.1) is 0 Å². The van der Waals surface area contributed by atoms with Gasteiger partial charge in [0.05, 0.1) is 19.1 Å². The predicted octanol–water partition coefficient (Wildman–Crippen LogP) is -0.328. The maximum atomic E-state index is 12.3. The fourth-order valence-electron chi connectivity index (χ4n) is 3.29. The molecule has 0 saturated carbocycles. The predicted molar refractivity (Wildman–Crippen MR) is 68.4 cm³/mol. The van der Waals surface area contributed by atoms with Gasteiger partial charge in [0.1, 0.15) is 0 Å². The van der Waals surface area contributed by atoms with E-state index in [2.05, 4.69) is 10.2 Å². The van der Waals surface area contributed by atoms with Crippen molar-refractivity contribution in [3.63, 3.8) is 0 Å². The summed E-state index contributed by atoms with van der Waals surface area (Å²) in [5, 5.41) is 3.28. The number of carbonyl (C=O) groups is 1. The molecular weight excluding hydrogens is 230 g/mol. The van der Waals surface area contributed by atoms with Gasteiger partial charge in [0.25, 0.3) is 0 Å². The molecule has 0 spiro atoms. The molecule has 0 aromatic rings. The number of ether oxygens (including phenoxy) is 1. The van der Waals surface area contributed by atoms with Crippen molar-refractivity contribution in [2.45, 2.75) is 31.4 Å². The van der Waals surface area contributed by atoms with Crippen LogP contribution in [-0.2, 0) is 9.53 Å². The third-order valence-corrected chi connectivity index (χ3v) is 4.35. The minimum absolute atomic E-state index is 0.0767. The van der Waals surface area contributed by atoms with Crippen LogP contribution in [0.25, 0.3) is 0 Å². The van der Waals surface area contributed by atoms with Crippen LogP contribution in [-0.4, -0.2) is 73.7 Å². The van der Waals surface area contributed by atoms with Crippen LogP contribution in [0.5, 0.6) is 0 Å². The summed E-state index contributed by atoms with van der Waals surface area (Å²) in [4.78, 5) is 16.8. The molecule has 0 aliphatic carbocycles. The van der Waals surface area contributed by atoms with E-state index in [-0.39, 0.29) is 12.0 Å². The van der Waals surface area contributed by atoms with Crippen LogP contribution in [0.15, 0.2) is 0 Å². The summed E-state index contributed by atoms with van der Waals surface area (Å²) < 4.78 is 5.61. The number of nitrogens with one attached hydrogen (secondary N) is 1. The van der Waals surface area contributed by atoms with Gasteiger partial charge in [-0.3, -0.25) is 9.69 Å². The van der Waals surface area contributed by atoms with Crippen LogP contribution in [0.2, 0.25) is 0 Å². The Morgan fingerprint density at radius 2 is 2.28 bits per heavy atom. The number of amides is 1. The minimum atomic E-state index is 0.0767. The summed E-state index contributed by atoms with van der Waals surface area (Å²) in [5.74, 6) is 0.273. The number of rotatable bonds is 2. The number of piperazine rings is 1. The van der Waals surface area contributed by atoms with E-state index in [1.807, 2.05) is 4.90 Å². The molecule has 3 heterocycles. The van der Waals surface area contributed by atoms with E-state index >= 15 is 0 Å². The first-order valence-electron chi connectivity index (χ1n) is 7.17. The zero-order chi connectivity index (χ0) is 12.4. The van der Waals surface area contributed by atoms with Gasteiger partial charge in [0.15, 0.2) is 0 Å². The van der Waals surface area contributed by atoms with E-state index in [1.54, 1.807) is 0 Å². The summed E-state index contributed by atoms with van der Waals surface area (Å²) in [7, 11) is 0. The summed E-state index contributed by atoms with van der Waals surface area (Å²) >= 11 is 0. The first kappa shape index (κ1) is 12.4. The molecule has 1 amide bonds. The molecule has 1 N–H and O–H groups in total. The van der Waals surface area contributed by atoms with Gasteiger partial charge in [-0.25, -0.2) is 0 Å². The van der Waals surface area contributed by atoms with Crippen molar-refractivity contribution in [1.82, 2.24) is 15.1 Å². The SMILES string of the molecule is O=C(CC1CNCCO1)N1CCN2CCCC2C1. The zero-order valence-corrected chi connectivity index (χ0v) is 10.9. The van der Waals surface area contributed by atoms with Crippen molar-refractivity contribution in [3.8, 4) is 0 Å². The Bertz CT molecular complexity index is 305. The van der Waals surface area contributed by atoms with Gasteiger partial charge in [-0.1, -0.05) is 0 Å². The van der Waals surface area contributed by atoms with Crippen LogP contribution in [0.4, 0.5) is 0 Å². The lowest BCUT2D eigenvalue weighted by molar-refractivity contribution is -0.137. The summed E-state index contributed by atoms with van der Waals surface area (Å²) in [6.45, 7) is 6.56. The smallest absolute Gasteiger partial charge is 0.225 e. The lowest BCUT2D eigenvalue weighted by atomic mass is 10.1. The molecule has 102 valence electrons. The molecule has 3 rings (SSSR count). The summed E-state index contributed by atoms with van der Waals surface area (Å²) in [5.41, 5.74) is 0. The van der Waals surface area contributed by atoms with E-state index in [0.717, 1.165) is 39.3 Å². The standard InChI is InChI=1S/C13H23N3O2/c17-13(8-12-9-14-3-7-18-12)16-6-5-15-4-1-2-11(15)10-16/h11-12,14H,1-10H2. The molecule has 3 aliphatic rings. The lowest BCUT2D eigenvalue weighted by Crippen LogP contribution is -2.53. The highest BCUT2D eigenvalue weighted by Gasteiger charge is 2.33. The Morgan fingerprint density at radius 1 is 1.33 bits per heavy atom. The van der Waals surface area contributed by atoms with Crippen molar-refractivity contribution in [1.29, 1.82) is 0 Å². The highest BCUT2D eigenvalue weighted by atomic mass is 16.5. The molecule has 18 heavy (non-hydrogen) atoms. The molecule has 5 heteroatoms. The van der Waals surface area contributed by atoms with Gasteiger partial charge in [0.2, 0.25) is 5.91 Å². The Kier molecular flexibility index (Phi) is 3.82. The van der Waals surface area contributed by atoms with Crippen molar-refractivity contribution < 1.29 is 9.53 Å². The molecule has 2 atom stereocenters. The minimum Gasteiger partial charge on any atom is -0.375 e. The van der Waals surface area contributed by atoms with Crippen LogP contribution in [0.1, 0.15) is 19.3 Å². The first-order valence-corrected chi connectivity index (χ1v) is 7.17. The Hall–Kier alpha value is -0.650. The number of hydrogen-bond acceptors (Lipinski definition) is 4. The van der Waals surface area contributed by atoms with Crippen molar-refractivity contribution >= 4 is 5.91 Å². The van der Waals surface area contributed by atoms with Crippen molar-refractivity contribution in [3.05, 3.63) is 0 Å². The lowest BCUT2D eigenvalue weighted by Gasteiger charge is -2.38. The molecule has 0 radical (unpaired) electrons.